The van der Waals surface area contributed by atoms with Crippen LogP contribution in [0, 0.1) is 20.8 Å². The lowest BCUT2D eigenvalue weighted by Crippen LogP contribution is -2.53. The van der Waals surface area contributed by atoms with Gasteiger partial charge in [-0.25, -0.2) is 8.42 Å². The molecule has 3 rings (SSSR count). The van der Waals surface area contributed by atoms with E-state index in [0.29, 0.717) is 27.7 Å². The Morgan fingerprint density at radius 3 is 2.17 bits per heavy atom. The van der Waals surface area contributed by atoms with Gasteiger partial charge in [-0.05, 0) is 87.6 Å². The van der Waals surface area contributed by atoms with Crippen LogP contribution in [-0.4, -0.2) is 43.8 Å². The van der Waals surface area contributed by atoms with Gasteiger partial charge in [-0.2, -0.15) is 0 Å². The summed E-state index contributed by atoms with van der Waals surface area (Å²) < 4.78 is 29.4. The number of halogens is 2. The van der Waals surface area contributed by atoms with Crippen LogP contribution in [-0.2, 0) is 26.2 Å². The maximum atomic E-state index is 14.3. The standard InChI is InChI=1S/C32H39Cl2N3O4S/c1-7-23(5)35-32(39)29(8-2)36(19-25-14-17-27(33)28(34)18-25)31(38)20-37(30-11-9-10-22(4)24(30)6)42(40,41)26-15-12-21(3)13-16-26/h9-18,23,29H,7-8,19-20H2,1-6H3,(H,35,39)/t23-,29-/m1/s1. The lowest BCUT2D eigenvalue weighted by molar-refractivity contribution is -0.140. The first-order valence-corrected chi connectivity index (χ1v) is 16.2. The molecule has 3 aromatic carbocycles. The Labute approximate surface area is 259 Å². The lowest BCUT2D eigenvalue weighted by Gasteiger charge is -2.34. The summed E-state index contributed by atoms with van der Waals surface area (Å²) in [6, 6.07) is 15.9. The number of rotatable bonds is 12. The molecule has 0 bridgehead atoms. The molecule has 0 unspecified atom stereocenters. The zero-order chi connectivity index (χ0) is 31.2. The van der Waals surface area contributed by atoms with Crippen molar-refractivity contribution in [3.05, 3.63) is 93.0 Å². The number of carbonyl (C=O) groups is 2. The van der Waals surface area contributed by atoms with Crippen molar-refractivity contribution in [1.29, 1.82) is 0 Å². The number of aryl methyl sites for hydroxylation is 2. The van der Waals surface area contributed by atoms with Crippen LogP contribution in [0.15, 0.2) is 65.6 Å². The first-order chi connectivity index (χ1) is 19.8. The van der Waals surface area contributed by atoms with Crippen LogP contribution in [0.5, 0.6) is 0 Å². The Hall–Kier alpha value is -3.07. The lowest BCUT2D eigenvalue weighted by atomic mass is 10.1. The van der Waals surface area contributed by atoms with Crippen LogP contribution in [0.2, 0.25) is 10.0 Å². The van der Waals surface area contributed by atoms with Crippen LogP contribution in [0.3, 0.4) is 0 Å². The van der Waals surface area contributed by atoms with Gasteiger partial charge < -0.3 is 10.2 Å². The van der Waals surface area contributed by atoms with Crippen molar-refractivity contribution in [3.8, 4) is 0 Å². The molecule has 0 saturated heterocycles. The van der Waals surface area contributed by atoms with Crippen molar-refractivity contribution in [2.75, 3.05) is 10.8 Å². The van der Waals surface area contributed by atoms with Crippen molar-refractivity contribution < 1.29 is 18.0 Å². The van der Waals surface area contributed by atoms with Crippen LogP contribution in [0.25, 0.3) is 0 Å². The van der Waals surface area contributed by atoms with Gasteiger partial charge in [0.25, 0.3) is 10.0 Å². The van der Waals surface area contributed by atoms with Gasteiger partial charge in [0.05, 0.1) is 20.6 Å². The predicted octanol–water partition coefficient (Wildman–Crippen LogP) is 6.84. The molecule has 0 spiro atoms. The molecule has 10 heteroatoms. The Kier molecular flexibility index (Phi) is 11.5. The molecule has 0 heterocycles. The normalized spacial score (nSPS) is 12.9. The molecule has 42 heavy (non-hydrogen) atoms. The summed E-state index contributed by atoms with van der Waals surface area (Å²) in [6.45, 7) is 10.8. The van der Waals surface area contributed by atoms with E-state index in [1.165, 1.54) is 17.0 Å². The van der Waals surface area contributed by atoms with Gasteiger partial charge in [0.1, 0.15) is 12.6 Å². The molecule has 0 radical (unpaired) electrons. The Bertz CT molecular complexity index is 1530. The summed E-state index contributed by atoms with van der Waals surface area (Å²) in [7, 11) is -4.15. The van der Waals surface area contributed by atoms with E-state index in [0.717, 1.165) is 27.4 Å². The minimum atomic E-state index is -4.15. The third-order valence-electron chi connectivity index (χ3n) is 7.46. The second-order valence-electron chi connectivity index (χ2n) is 10.6. The number of nitrogens with zero attached hydrogens (tertiary/aromatic N) is 2. The Morgan fingerprint density at radius 1 is 0.905 bits per heavy atom. The summed E-state index contributed by atoms with van der Waals surface area (Å²) in [5.74, 6) is -0.830. The zero-order valence-electron chi connectivity index (χ0n) is 24.9. The molecule has 0 aromatic heterocycles. The van der Waals surface area contributed by atoms with E-state index in [2.05, 4.69) is 5.32 Å². The van der Waals surface area contributed by atoms with Crippen LogP contribution in [0.1, 0.15) is 55.9 Å². The van der Waals surface area contributed by atoms with Crippen LogP contribution in [0.4, 0.5) is 5.69 Å². The van der Waals surface area contributed by atoms with E-state index in [1.54, 1.807) is 42.5 Å². The fraction of sp³-hybridized carbons (Fsp3) is 0.375. The molecular formula is C32H39Cl2N3O4S. The van der Waals surface area contributed by atoms with Crippen molar-refractivity contribution in [2.24, 2.45) is 0 Å². The number of carbonyl (C=O) groups excluding carboxylic acids is 2. The van der Waals surface area contributed by atoms with Crippen LogP contribution >= 0.6 is 23.2 Å². The number of nitrogens with one attached hydrogen (secondary N) is 1. The largest absolute Gasteiger partial charge is 0.352 e. The van der Waals surface area contributed by atoms with Gasteiger partial charge in [-0.3, -0.25) is 13.9 Å². The molecule has 7 nitrogen and oxygen atoms in total. The van der Waals surface area contributed by atoms with E-state index >= 15 is 0 Å². The predicted molar refractivity (Wildman–Crippen MR) is 171 cm³/mol. The Morgan fingerprint density at radius 2 is 1.57 bits per heavy atom. The number of amides is 2. The SMILES string of the molecule is CC[C@@H](C)NC(=O)[C@@H](CC)N(Cc1ccc(Cl)c(Cl)c1)C(=O)CN(c1cccc(C)c1C)S(=O)(=O)c1ccc(C)cc1. The van der Waals surface area contributed by atoms with Crippen LogP contribution < -0.4 is 9.62 Å². The molecule has 0 aliphatic rings. The number of hydrogen-bond acceptors (Lipinski definition) is 4. The van der Waals surface area contributed by atoms with Crippen molar-refractivity contribution in [2.45, 2.75) is 77.9 Å². The summed E-state index contributed by atoms with van der Waals surface area (Å²) in [5, 5.41) is 3.66. The zero-order valence-corrected chi connectivity index (χ0v) is 27.3. The third kappa shape index (κ3) is 7.85. The number of hydrogen-bond donors (Lipinski definition) is 1. The van der Waals surface area contributed by atoms with E-state index in [1.807, 2.05) is 47.6 Å². The van der Waals surface area contributed by atoms with Gasteiger partial charge >= 0.3 is 0 Å². The molecule has 226 valence electrons. The fourth-order valence-electron chi connectivity index (χ4n) is 4.55. The summed E-state index contributed by atoms with van der Waals surface area (Å²) in [5.41, 5.74) is 3.59. The highest BCUT2D eigenvalue weighted by Crippen LogP contribution is 2.30. The van der Waals surface area contributed by atoms with E-state index < -0.39 is 28.5 Å². The molecule has 2 amide bonds. The van der Waals surface area contributed by atoms with E-state index in [9.17, 15) is 18.0 Å². The van der Waals surface area contributed by atoms with E-state index in [4.69, 9.17) is 23.2 Å². The van der Waals surface area contributed by atoms with Crippen molar-refractivity contribution >= 4 is 50.7 Å². The first-order valence-electron chi connectivity index (χ1n) is 14.0. The number of benzene rings is 3. The fourth-order valence-corrected chi connectivity index (χ4v) is 6.34. The molecular weight excluding hydrogens is 593 g/mol. The average molecular weight is 633 g/mol. The van der Waals surface area contributed by atoms with Gasteiger partial charge in [0.15, 0.2) is 0 Å². The smallest absolute Gasteiger partial charge is 0.264 e. The van der Waals surface area contributed by atoms with Gasteiger partial charge in [-0.15, -0.1) is 0 Å². The number of anilines is 1. The highest BCUT2D eigenvalue weighted by atomic mass is 35.5. The minimum absolute atomic E-state index is 0.0351. The second-order valence-corrected chi connectivity index (χ2v) is 13.2. The van der Waals surface area contributed by atoms with Gasteiger partial charge in [-0.1, -0.05) is 72.9 Å². The number of sulfonamides is 1. The summed E-state index contributed by atoms with van der Waals surface area (Å²) in [6.07, 6.45) is 1.04. The quantitative estimate of drug-likeness (QED) is 0.237. The highest BCUT2D eigenvalue weighted by Gasteiger charge is 2.34. The third-order valence-corrected chi connectivity index (χ3v) is 9.97. The Balaban J connectivity index is 2.12. The molecule has 0 aliphatic carbocycles. The molecule has 0 saturated carbocycles. The topological polar surface area (TPSA) is 86.8 Å². The van der Waals surface area contributed by atoms with E-state index in [-0.39, 0.29) is 23.4 Å². The monoisotopic (exact) mass is 631 g/mol. The average Bonchev–Trinajstić information content (AvgIpc) is 2.95. The van der Waals surface area contributed by atoms with Crippen molar-refractivity contribution in [3.63, 3.8) is 0 Å². The maximum Gasteiger partial charge on any atom is 0.264 e. The molecule has 2 atom stereocenters. The molecule has 1 N–H and O–H groups in total. The first kappa shape index (κ1) is 33.4. The van der Waals surface area contributed by atoms with Gasteiger partial charge in [0.2, 0.25) is 11.8 Å². The molecule has 0 aliphatic heterocycles. The van der Waals surface area contributed by atoms with Crippen molar-refractivity contribution in [1.82, 2.24) is 10.2 Å². The minimum Gasteiger partial charge on any atom is -0.352 e. The maximum absolute atomic E-state index is 14.3. The molecule has 0 fully saturated rings. The molecule has 3 aromatic rings. The second kappa shape index (κ2) is 14.4. The summed E-state index contributed by atoms with van der Waals surface area (Å²) in [4.78, 5) is 29.2. The summed E-state index contributed by atoms with van der Waals surface area (Å²) >= 11 is 12.4. The highest BCUT2D eigenvalue weighted by molar-refractivity contribution is 7.92. The van der Waals surface area contributed by atoms with Gasteiger partial charge in [0, 0.05) is 12.6 Å².